The molecule has 1 rings (SSSR count). The molecule has 19 heavy (non-hydrogen) atoms. The zero-order chi connectivity index (χ0) is 14.5. The molecule has 0 unspecified atom stereocenters. The van der Waals surface area contributed by atoms with Crippen LogP contribution in [0.2, 0.25) is 0 Å². The monoisotopic (exact) mass is 276 g/mol. The lowest BCUT2D eigenvalue weighted by Gasteiger charge is -2.18. The second-order valence-electron chi connectivity index (χ2n) is 4.14. The maximum Gasteiger partial charge on any atom is 0.401 e. The van der Waals surface area contributed by atoms with Gasteiger partial charge in [0.25, 0.3) is 0 Å². The first-order chi connectivity index (χ1) is 8.78. The molecule has 0 heterocycles. The van der Waals surface area contributed by atoms with Gasteiger partial charge in [0.15, 0.2) is 0 Å². The molecule has 106 valence electrons. The van der Waals surface area contributed by atoms with Crippen LogP contribution in [0, 0.1) is 0 Å². The van der Waals surface area contributed by atoms with Crippen LogP contribution in [0.4, 0.5) is 13.2 Å². The van der Waals surface area contributed by atoms with Crippen molar-refractivity contribution in [1.29, 1.82) is 0 Å². The summed E-state index contributed by atoms with van der Waals surface area (Å²) in [6, 6.07) is 6.33. The third-order valence-corrected chi connectivity index (χ3v) is 2.36. The first-order valence-corrected chi connectivity index (χ1v) is 5.57. The fourth-order valence-corrected chi connectivity index (χ4v) is 1.46. The Bertz CT molecular complexity index is 435. The molecule has 0 saturated carbocycles. The lowest BCUT2D eigenvalue weighted by atomic mass is 10.2. The summed E-state index contributed by atoms with van der Waals surface area (Å²) in [6.07, 6.45) is -4.33. The van der Waals surface area contributed by atoms with Crippen molar-refractivity contribution in [3.63, 3.8) is 0 Å². The number of halogens is 3. The molecule has 1 aromatic carbocycles. The summed E-state index contributed by atoms with van der Waals surface area (Å²) < 4.78 is 35.6. The summed E-state index contributed by atoms with van der Waals surface area (Å²) in [4.78, 5) is 12.8. The molecule has 0 radical (unpaired) electrons. The minimum absolute atomic E-state index is 0.0774. The van der Waals surface area contributed by atoms with Gasteiger partial charge in [0.2, 0.25) is 5.91 Å². The van der Waals surface area contributed by atoms with Crippen molar-refractivity contribution in [1.82, 2.24) is 10.2 Å². The number of benzene rings is 1. The largest absolute Gasteiger partial charge is 0.508 e. The number of carbonyl (C=O) groups is 1. The van der Waals surface area contributed by atoms with E-state index < -0.39 is 18.6 Å². The second-order valence-corrected chi connectivity index (χ2v) is 4.14. The quantitative estimate of drug-likeness (QED) is 0.857. The Hall–Kier alpha value is -1.76. The number of hydrogen-bond acceptors (Lipinski definition) is 3. The summed E-state index contributed by atoms with van der Waals surface area (Å²) in [5, 5.41) is 11.3. The molecule has 0 bridgehead atoms. The minimum atomic E-state index is -4.33. The topological polar surface area (TPSA) is 52.6 Å². The molecule has 0 aliphatic rings. The Labute approximate surface area is 108 Å². The average molecular weight is 276 g/mol. The zero-order valence-electron chi connectivity index (χ0n) is 10.4. The first kappa shape index (κ1) is 15.3. The summed E-state index contributed by atoms with van der Waals surface area (Å²) in [7, 11) is 1.49. The van der Waals surface area contributed by atoms with Crippen molar-refractivity contribution in [3.05, 3.63) is 29.8 Å². The van der Waals surface area contributed by atoms with Gasteiger partial charge in [-0.05, 0) is 17.7 Å². The highest BCUT2D eigenvalue weighted by Crippen LogP contribution is 2.13. The second kappa shape index (κ2) is 6.42. The van der Waals surface area contributed by atoms with E-state index >= 15 is 0 Å². The lowest BCUT2D eigenvalue weighted by Crippen LogP contribution is -2.38. The average Bonchev–Trinajstić information content (AvgIpc) is 2.27. The van der Waals surface area contributed by atoms with Gasteiger partial charge < -0.3 is 15.3 Å². The van der Waals surface area contributed by atoms with Gasteiger partial charge in [-0.25, -0.2) is 0 Å². The standard InChI is InChI=1S/C12H15F3N2O2/c1-17(7-9-3-2-4-10(18)5-9)11(19)6-16-8-12(13,14)15/h2-5,16,18H,6-8H2,1H3. The molecule has 4 nitrogen and oxygen atoms in total. The van der Waals surface area contributed by atoms with E-state index in [2.05, 4.69) is 0 Å². The van der Waals surface area contributed by atoms with Crippen LogP contribution in [0.5, 0.6) is 5.75 Å². The Balaban J connectivity index is 2.41. The van der Waals surface area contributed by atoms with Crippen molar-refractivity contribution in [2.24, 2.45) is 0 Å². The van der Waals surface area contributed by atoms with E-state index in [0.717, 1.165) is 0 Å². The maximum atomic E-state index is 11.9. The van der Waals surface area contributed by atoms with E-state index in [9.17, 15) is 23.1 Å². The van der Waals surface area contributed by atoms with Gasteiger partial charge in [0, 0.05) is 13.6 Å². The number of phenols is 1. The van der Waals surface area contributed by atoms with Crippen molar-refractivity contribution < 1.29 is 23.1 Å². The van der Waals surface area contributed by atoms with Gasteiger partial charge in [-0.1, -0.05) is 12.1 Å². The molecular weight excluding hydrogens is 261 g/mol. The van der Waals surface area contributed by atoms with Crippen LogP contribution in [0.25, 0.3) is 0 Å². The van der Waals surface area contributed by atoms with Gasteiger partial charge in [-0.3, -0.25) is 4.79 Å². The van der Waals surface area contributed by atoms with Crippen LogP contribution >= 0.6 is 0 Å². The number of rotatable bonds is 5. The first-order valence-electron chi connectivity index (χ1n) is 5.57. The fraction of sp³-hybridized carbons (Fsp3) is 0.417. The number of nitrogens with one attached hydrogen (secondary N) is 1. The summed E-state index contributed by atoms with van der Waals surface area (Å²) >= 11 is 0. The molecule has 0 spiro atoms. The van der Waals surface area contributed by atoms with Crippen LogP contribution in [0.1, 0.15) is 5.56 Å². The normalized spacial score (nSPS) is 11.4. The van der Waals surface area contributed by atoms with E-state index in [0.29, 0.717) is 5.56 Å². The van der Waals surface area contributed by atoms with Crippen molar-refractivity contribution in [2.45, 2.75) is 12.7 Å². The molecule has 0 atom stereocenters. The summed E-state index contributed by atoms with van der Waals surface area (Å²) in [5.74, 6) is -0.374. The molecule has 2 N–H and O–H groups in total. The van der Waals surface area contributed by atoms with Gasteiger partial charge in [0.1, 0.15) is 5.75 Å². The predicted molar refractivity (Wildman–Crippen MR) is 63.5 cm³/mol. The number of amides is 1. The number of phenolic OH excluding ortho intramolecular Hbond substituents is 1. The van der Waals surface area contributed by atoms with E-state index in [4.69, 9.17) is 0 Å². The summed E-state index contributed by atoms with van der Waals surface area (Å²) in [6.45, 7) is -1.35. The van der Waals surface area contributed by atoms with Crippen molar-refractivity contribution in [2.75, 3.05) is 20.1 Å². The van der Waals surface area contributed by atoms with Crippen LogP contribution in [-0.4, -0.2) is 42.2 Å². The van der Waals surface area contributed by atoms with Gasteiger partial charge in [-0.2, -0.15) is 13.2 Å². The predicted octanol–water partition coefficient (Wildman–Crippen LogP) is 1.50. The summed E-state index contributed by atoms with van der Waals surface area (Å²) in [5.41, 5.74) is 0.701. The van der Waals surface area contributed by atoms with Gasteiger partial charge in [-0.15, -0.1) is 0 Å². The Morgan fingerprint density at radius 2 is 2.11 bits per heavy atom. The van der Waals surface area contributed by atoms with Crippen LogP contribution in [0.3, 0.4) is 0 Å². The van der Waals surface area contributed by atoms with Gasteiger partial charge >= 0.3 is 6.18 Å². The molecule has 0 fully saturated rings. The number of hydrogen-bond donors (Lipinski definition) is 2. The van der Waals surface area contributed by atoms with Gasteiger partial charge in [0.05, 0.1) is 13.1 Å². The van der Waals surface area contributed by atoms with Crippen LogP contribution < -0.4 is 5.32 Å². The number of carbonyl (C=O) groups excluding carboxylic acids is 1. The smallest absolute Gasteiger partial charge is 0.401 e. The molecule has 0 aromatic heterocycles. The van der Waals surface area contributed by atoms with E-state index in [1.54, 1.807) is 12.1 Å². The minimum Gasteiger partial charge on any atom is -0.508 e. The highest BCUT2D eigenvalue weighted by molar-refractivity contribution is 5.77. The van der Waals surface area contributed by atoms with Crippen LogP contribution in [0.15, 0.2) is 24.3 Å². The molecule has 0 aliphatic heterocycles. The number of likely N-dealkylation sites (N-methyl/N-ethyl adjacent to an activating group) is 1. The number of nitrogens with zero attached hydrogens (tertiary/aromatic N) is 1. The highest BCUT2D eigenvalue weighted by atomic mass is 19.4. The third-order valence-electron chi connectivity index (χ3n) is 2.36. The lowest BCUT2D eigenvalue weighted by molar-refractivity contribution is -0.133. The molecule has 7 heteroatoms. The van der Waals surface area contributed by atoms with E-state index in [1.165, 1.54) is 24.1 Å². The van der Waals surface area contributed by atoms with Crippen molar-refractivity contribution in [3.8, 4) is 5.75 Å². The van der Waals surface area contributed by atoms with Crippen LogP contribution in [-0.2, 0) is 11.3 Å². The molecular formula is C12H15F3N2O2. The molecule has 0 saturated heterocycles. The SMILES string of the molecule is CN(Cc1cccc(O)c1)C(=O)CNCC(F)(F)F. The Morgan fingerprint density at radius 3 is 2.68 bits per heavy atom. The maximum absolute atomic E-state index is 11.9. The number of aromatic hydroxyl groups is 1. The van der Waals surface area contributed by atoms with Crippen molar-refractivity contribution >= 4 is 5.91 Å². The Kier molecular flexibility index (Phi) is 5.17. The number of alkyl halides is 3. The third kappa shape index (κ3) is 6.10. The van der Waals surface area contributed by atoms with E-state index in [-0.39, 0.29) is 18.8 Å². The highest BCUT2D eigenvalue weighted by Gasteiger charge is 2.26. The zero-order valence-corrected chi connectivity index (χ0v) is 10.4. The molecule has 0 aliphatic carbocycles. The molecule has 1 aromatic rings. The fourth-order valence-electron chi connectivity index (χ4n) is 1.46. The molecule has 1 amide bonds. The Morgan fingerprint density at radius 1 is 1.42 bits per heavy atom. The van der Waals surface area contributed by atoms with E-state index in [1.807, 2.05) is 5.32 Å².